The van der Waals surface area contributed by atoms with Gasteiger partial charge in [0.25, 0.3) is 5.91 Å². The Labute approximate surface area is 170 Å². The van der Waals surface area contributed by atoms with Crippen LogP contribution in [0.1, 0.15) is 49.4 Å². The number of rotatable bonds is 2. The minimum absolute atomic E-state index is 0.0884. The van der Waals surface area contributed by atoms with Crippen LogP contribution in [0.25, 0.3) is 0 Å². The number of likely N-dealkylation sites (tertiary alicyclic amines) is 1. The molecule has 5 nitrogen and oxygen atoms in total. The molecule has 2 aliphatic carbocycles. The topological polar surface area (TPSA) is 57.7 Å². The van der Waals surface area contributed by atoms with Gasteiger partial charge in [0.05, 0.1) is 28.1 Å². The van der Waals surface area contributed by atoms with Crippen molar-refractivity contribution < 1.29 is 14.4 Å². The van der Waals surface area contributed by atoms with E-state index in [0.29, 0.717) is 40.6 Å². The second-order valence-corrected chi connectivity index (χ2v) is 9.47. The summed E-state index contributed by atoms with van der Waals surface area (Å²) < 4.78 is 0. The van der Waals surface area contributed by atoms with Crippen LogP contribution in [0.3, 0.4) is 0 Å². The highest BCUT2D eigenvalue weighted by molar-refractivity contribution is 6.34. The number of anilines is 1. The van der Waals surface area contributed by atoms with Crippen molar-refractivity contribution in [1.29, 1.82) is 0 Å². The van der Waals surface area contributed by atoms with E-state index < -0.39 is 0 Å². The van der Waals surface area contributed by atoms with E-state index in [0.717, 1.165) is 38.6 Å². The number of hydrogen-bond donors (Lipinski definition) is 0. The van der Waals surface area contributed by atoms with E-state index in [9.17, 15) is 14.4 Å². The summed E-state index contributed by atoms with van der Waals surface area (Å²) >= 11 is 6.34. The lowest BCUT2D eigenvalue weighted by Gasteiger charge is -2.31. The molecule has 5 atom stereocenters. The monoisotopic (exact) mass is 400 g/mol. The highest BCUT2D eigenvalue weighted by Crippen LogP contribution is 2.56. The Kier molecular flexibility index (Phi) is 4.27. The molecular formula is C22H25ClN2O3. The molecule has 0 radical (unpaired) electrons. The van der Waals surface area contributed by atoms with Gasteiger partial charge < -0.3 is 4.90 Å². The molecule has 2 saturated heterocycles. The maximum Gasteiger partial charge on any atom is 0.255 e. The Bertz CT molecular complexity index is 841. The lowest BCUT2D eigenvalue weighted by Crippen LogP contribution is -2.39. The van der Waals surface area contributed by atoms with Crippen LogP contribution < -0.4 is 4.90 Å². The van der Waals surface area contributed by atoms with Gasteiger partial charge in [-0.3, -0.25) is 19.3 Å². The third-order valence-corrected chi connectivity index (χ3v) is 7.64. The Balaban J connectivity index is 1.45. The predicted octanol–water partition coefficient (Wildman–Crippen LogP) is 3.75. The molecule has 4 aliphatic rings. The molecule has 2 saturated carbocycles. The van der Waals surface area contributed by atoms with Crippen molar-refractivity contribution in [3.8, 4) is 0 Å². The summed E-state index contributed by atoms with van der Waals surface area (Å²) in [6.45, 7) is 3.58. The van der Waals surface area contributed by atoms with E-state index in [1.54, 1.807) is 18.2 Å². The maximum absolute atomic E-state index is 13.1. The zero-order chi connectivity index (χ0) is 19.6. The van der Waals surface area contributed by atoms with Crippen LogP contribution in [-0.4, -0.2) is 35.7 Å². The number of halogens is 1. The number of hydrogen-bond acceptors (Lipinski definition) is 3. The van der Waals surface area contributed by atoms with Gasteiger partial charge >= 0.3 is 0 Å². The quantitative estimate of drug-likeness (QED) is 0.710. The highest BCUT2D eigenvalue weighted by atomic mass is 35.5. The van der Waals surface area contributed by atoms with Crippen LogP contribution in [0.4, 0.5) is 5.69 Å². The van der Waals surface area contributed by atoms with Crippen molar-refractivity contribution in [1.82, 2.24) is 4.90 Å². The summed E-state index contributed by atoms with van der Waals surface area (Å²) in [6, 6.07) is 4.97. The van der Waals surface area contributed by atoms with E-state index in [1.807, 2.05) is 4.90 Å². The fourth-order valence-electron chi connectivity index (χ4n) is 6.02. The molecule has 0 aromatic heterocycles. The number of nitrogens with zero attached hydrogens (tertiary/aromatic N) is 2. The second-order valence-electron chi connectivity index (χ2n) is 9.06. The molecule has 0 N–H and O–H groups in total. The maximum atomic E-state index is 13.1. The van der Waals surface area contributed by atoms with Gasteiger partial charge in [0, 0.05) is 13.1 Å². The molecule has 5 rings (SSSR count). The van der Waals surface area contributed by atoms with Crippen molar-refractivity contribution in [2.45, 2.75) is 39.0 Å². The fraction of sp³-hybridized carbons (Fsp3) is 0.591. The number of imide groups is 1. The molecule has 2 heterocycles. The van der Waals surface area contributed by atoms with Gasteiger partial charge in [0.2, 0.25) is 11.8 Å². The van der Waals surface area contributed by atoms with E-state index in [-0.39, 0.29) is 29.6 Å². The molecule has 6 heteroatoms. The number of piperidine rings is 1. The van der Waals surface area contributed by atoms with Crippen LogP contribution in [0.15, 0.2) is 18.2 Å². The average Bonchev–Trinajstić information content (AvgIpc) is 3.36. The first-order valence-electron chi connectivity index (χ1n) is 10.4. The van der Waals surface area contributed by atoms with Gasteiger partial charge in [-0.25, -0.2) is 0 Å². The Morgan fingerprint density at radius 2 is 1.75 bits per heavy atom. The van der Waals surface area contributed by atoms with Crippen LogP contribution in [0.2, 0.25) is 5.02 Å². The molecule has 2 bridgehead atoms. The Morgan fingerprint density at radius 3 is 2.39 bits per heavy atom. The van der Waals surface area contributed by atoms with E-state index in [2.05, 4.69) is 6.92 Å². The second kappa shape index (κ2) is 6.58. The van der Waals surface area contributed by atoms with Crippen molar-refractivity contribution in [2.24, 2.45) is 29.6 Å². The standard InChI is InChI=1S/C22H25ClN2O3/c1-12-3-2-8-24(11-12)20(26)16-10-15(6-7-17(16)23)25-21(27)18-13-4-5-14(9-13)19(18)22(25)28/h6-7,10,12-14,18-19H,2-5,8-9,11H2,1H3/t12-,13-,14-,18-,19+/m0/s1. The summed E-state index contributed by atoms with van der Waals surface area (Å²) in [5, 5.41) is 0.367. The number of carbonyl (C=O) groups is 3. The minimum atomic E-state index is -0.163. The van der Waals surface area contributed by atoms with Gasteiger partial charge in [-0.15, -0.1) is 0 Å². The normalized spacial score (nSPS) is 34.3. The highest BCUT2D eigenvalue weighted by Gasteiger charge is 2.61. The van der Waals surface area contributed by atoms with Crippen molar-refractivity contribution in [2.75, 3.05) is 18.0 Å². The smallest absolute Gasteiger partial charge is 0.255 e. The van der Waals surface area contributed by atoms with Crippen LogP contribution in [0.5, 0.6) is 0 Å². The van der Waals surface area contributed by atoms with Crippen LogP contribution >= 0.6 is 11.6 Å². The zero-order valence-corrected chi connectivity index (χ0v) is 16.8. The van der Waals surface area contributed by atoms with E-state index in [4.69, 9.17) is 11.6 Å². The Morgan fingerprint density at radius 1 is 1.07 bits per heavy atom. The van der Waals surface area contributed by atoms with Gasteiger partial charge in [-0.2, -0.15) is 0 Å². The van der Waals surface area contributed by atoms with Crippen molar-refractivity contribution in [3.63, 3.8) is 0 Å². The lowest BCUT2D eigenvalue weighted by molar-refractivity contribution is -0.123. The number of fused-ring (bicyclic) bond motifs is 5. The summed E-state index contributed by atoms with van der Waals surface area (Å²) in [6.07, 6.45) is 5.23. The SMILES string of the molecule is C[C@H]1CCCN(C(=O)c2cc(N3C(=O)[C@@H]4[C@H]5CC[C@@H](C5)[C@@H]4C3=O)ccc2Cl)C1. The zero-order valence-electron chi connectivity index (χ0n) is 16.1. The molecule has 0 spiro atoms. The minimum Gasteiger partial charge on any atom is -0.338 e. The number of carbonyl (C=O) groups excluding carboxylic acids is 3. The molecule has 28 heavy (non-hydrogen) atoms. The Hall–Kier alpha value is -1.88. The first-order valence-corrected chi connectivity index (χ1v) is 10.8. The summed E-state index contributed by atoms with van der Waals surface area (Å²) in [7, 11) is 0. The fourth-order valence-corrected chi connectivity index (χ4v) is 6.22. The third-order valence-electron chi connectivity index (χ3n) is 7.31. The largest absolute Gasteiger partial charge is 0.338 e. The third kappa shape index (κ3) is 2.62. The molecule has 0 unspecified atom stereocenters. The first kappa shape index (κ1) is 18.2. The molecular weight excluding hydrogens is 376 g/mol. The number of amides is 3. The summed E-state index contributed by atoms with van der Waals surface area (Å²) in [5.41, 5.74) is 0.871. The predicted molar refractivity (Wildman–Crippen MR) is 106 cm³/mol. The molecule has 1 aromatic rings. The molecule has 2 aliphatic heterocycles. The number of benzene rings is 1. The van der Waals surface area contributed by atoms with Crippen LogP contribution in [0, 0.1) is 29.6 Å². The summed E-state index contributed by atoms with van der Waals surface area (Å²) in [5.74, 6) is 0.547. The van der Waals surface area contributed by atoms with Crippen LogP contribution in [-0.2, 0) is 9.59 Å². The van der Waals surface area contributed by atoms with Gasteiger partial charge in [0.15, 0.2) is 0 Å². The van der Waals surface area contributed by atoms with Crippen molar-refractivity contribution in [3.05, 3.63) is 28.8 Å². The van der Waals surface area contributed by atoms with Gasteiger partial charge in [0.1, 0.15) is 0 Å². The molecule has 3 amide bonds. The molecule has 4 fully saturated rings. The average molecular weight is 401 g/mol. The van der Waals surface area contributed by atoms with E-state index in [1.165, 1.54) is 4.90 Å². The first-order chi connectivity index (χ1) is 13.5. The van der Waals surface area contributed by atoms with Crippen molar-refractivity contribution >= 4 is 35.0 Å². The molecule has 1 aromatic carbocycles. The summed E-state index contributed by atoms with van der Waals surface area (Å²) in [4.78, 5) is 42.4. The molecule has 148 valence electrons. The van der Waals surface area contributed by atoms with E-state index >= 15 is 0 Å². The lowest BCUT2D eigenvalue weighted by atomic mass is 9.81. The van der Waals surface area contributed by atoms with Gasteiger partial charge in [-0.05, 0) is 68.1 Å². The van der Waals surface area contributed by atoms with Gasteiger partial charge in [-0.1, -0.05) is 18.5 Å².